The number of rotatable bonds is 3. The Balaban J connectivity index is 1.50. The molecule has 0 spiro atoms. The molecule has 1 saturated heterocycles. The summed E-state index contributed by atoms with van der Waals surface area (Å²) in [6.45, 7) is 3.56. The van der Waals surface area contributed by atoms with Crippen molar-refractivity contribution in [3.63, 3.8) is 0 Å². The SMILES string of the molecule is Cc1ccc(C2NNC3c4ccccc4N(Cc4ccccc4F)CC23)cc1. The van der Waals surface area contributed by atoms with Crippen LogP contribution in [-0.2, 0) is 6.54 Å². The van der Waals surface area contributed by atoms with Gasteiger partial charge in [-0.2, -0.15) is 0 Å². The van der Waals surface area contributed by atoms with Crippen LogP contribution in [0.1, 0.15) is 34.3 Å². The number of anilines is 1. The average Bonchev–Trinajstić information content (AvgIpc) is 3.14. The Morgan fingerprint density at radius 1 is 0.893 bits per heavy atom. The van der Waals surface area contributed by atoms with Crippen LogP contribution in [0.2, 0.25) is 0 Å². The van der Waals surface area contributed by atoms with Crippen molar-refractivity contribution >= 4 is 5.69 Å². The Labute approximate surface area is 165 Å². The molecule has 28 heavy (non-hydrogen) atoms. The molecule has 0 amide bonds. The lowest BCUT2D eigenvalue weighted by Gasteiger charge is -2.39. The Morgan fingerprint density at radius 2 is 1.61 bits per heavy atom. The Morgan fingerprint density at radius 3 is 2.43 bits per heavy atom. The van der Waals surface area contributed by atoms with E-state index in [-0.39, 0.29) is 17.9 Å². The van der Waals surface area contributed by atoms with E-state index in [4.69, 9.17) is 0 Å². The molecule has 2 aliphatic heterocycles. The van der Waals surface area contributed by atoms with Gasteiger partial charge in [0.2, 0.25) is 0 Å². The van der Waals surface area contributed by atoms with Gasteiger partial charge in [-0.1, -0.05) is 66.2 Å². The van der Waals surface area contributed by atoms with Crippen molar-refractivity contribution in [2.45, 2.75) is 25.6 Å². The molecule has 4 heteroatoms. The highest BCUT2D eigenvalue weighted by Crippen LogP contribution is 2.45. The zero-order valence-corrected chi connectivity index (χ0v) is 15.9. The molecule has 3 unspecified atom stereocenters. The fourth-order valence-corrected chi connectivity index (χ4v) is 4.58. The fraction of sp³-hybridized carbons (Fsp3) is 0.250. The van der Waals surface area contributed by atoms with Gasteiger partial charge in [0.05, 0.1) is 12.1 Å². The van der Waals surface area contributed by atoms with Crippen LogP contribution in [0.4, 0.5) is 10.1 Å². The molecule has 0 aromatic heterocycles. The second-order valence-corrected chi connectivity index (χ2v) is 7.85. The van der Waals surface area contributed by atoms with E-state index in [1.165, 1.54) is 22.4 Å². The number of halogens is 1. The van der Waals surface area contributed by atoms with Gasteiger partial charge in [-0.05, 0) is 30.2 Å². The molecule has 3 aromatic rings. The monoisotopic (exact) mass is 373 g/mol. The number of aryl methyl sites for hydroxylation is 1. The van der Waals surface area contributed by atoms with Gasteiger partial charge < -0.3 is 4.90 Å². The van der Waals surface area contributed by atoms with Crippen molar-refractivity contribution in [3.8, 4) is 0 Å². The minimum absolute atomic E-state index is 0.139. The maximum Gasteiger partial charge on any atom is 0.128 e. The third-order valence-corrected chi connectivity index (χ3v) is 6.05. The summed E-state index contributed by atoms with van der Waals surface area (Å²) in [4.78, 5) is 2.32. The topological polar surface area (TPSA) is 27.3 Å². The van der Waals surface area contributed by atoms with Gasteiger partial charge in [0.25, 0.3) is 0 Å². The molecule has 142 valence electrons. The van der Waals surface area contributed by atoms with Crippen molar-refractivity contribution in [2.75, 3.05) is 11.4 Å². The van der Waals surface area contributed by atoms with Gasteiger partial charge in [0.1, 0.15) is 5.82 Å². The second kappa shape index (κ2) is 7.04. The summed E-state index contributed by atoms with van der Waals surface area (Å²) in [6, 6.07) is 24.8. The number of para-hydroxylation sites is 1. The summed E-state index contributed by atoms with van der Waals surface area (Å²) in [7, 11) is 0. The molecule has 2 aliphatic rings. The number of nitrogens with one attached hydrogen (secondary N) is 2. The van der Waals surface area contributed by atoms with Crippen molar-refractivity contribution in [1.82, 2.24) is 10.9 Å². The standard InChI is InChI=1S/C24H24FN3/c1-16-10-12-17(13-11-16)23-20-15-28(14-18-6-2-4-8-21(18)25)22-9-5-3-7-19(22)24(20)27-26-23/h2-13,20,23-24,26-27H,14-15H2,1H3. The molecule has 0 aliphatic carbocycles. The van der Waals surface area contributed by atoms with Gasteiger partial charge in [-0.3, -0.25) is 0 Å². The predicted molar refractivity (Wildman–Crippen MR) is 110 cm³/mol. The molecule has 1 fully saturated rings. The average molecular weight is 373 g/mol. The lowest BCUT2D eigenvalue weighted by molar-refractivity contribution is 0.401. The van der Waals surface area contributed by atoms with Crippen LogP contribution in [0.25, 0.3) is 0 Å². The fourth-order valence-electron chi connectivity index (χ4n) is 4.58. The molecule has 2 heterocycles. The third kappa shape index (κ3) is 2.99. The quantitative estimate of drug-likeness (QED) is 0.699. The van der Waals surface area contributed by atoms with E-state index in [1.54, 1.807) is 12.1 Å². The lowest BCUT2D eigenvalue weighted by Crippen LogP contribution is -2.39. The number of hydrazine groups is 1. The first-order valence-electron chi connectivity index (χ1n) is 9.85. The molecule has 2 N–H and O–H groups in total. The zero-order valence-electron chi connectivity index (χ0n) is 15.9. The van der Waals surface area contributed by atoms with Crippen LogP contribution in [0.5, 0.6) is 0 Å². The molecular weight excluding hydrogens is 349 g/mol. The smallest absolute Gasteiger partial charge is 0.128 e. The molecule has 3 nitrogen and oxygen atoms in total. The molecule has 3 atom stereocenters. The van der Waals surface area contributed by atoms with Gasteiger partial charge in [-0.25, -0.2) is 15.2 Å². The highest BCUT2D eigenvalue weighted by Gasteiger charge is 2.43. The summed E-state index contributed by atoms with van der Waals surface area (Å²) < 4.78 is 14.3. The van der Waals surface area contributed by atoms with Crippen LogP contribution >= 0.6 is 0 Å². The van der Waals surface area contributed by atoms with Crippen LogP contribution in [0.3, 0.4) is 0 Å². The molecule has 3 aromatic carbocycles. The first kappa shape index (κ1) is 17.4. The molecule has 0 radical (unpaired) electrons. The molecule has 0 saturated carbocycles. The Hall–Kier alpha value is -2.69. The summed E-state index contributed by atoms with van der Waals surface area (Å²) in [5.74, 6) is 0.226. The molecular formula is C24H24FN3. The minimum Gasteiger partial charge on any atom is -0.366 e. The summed E-state index contributed by atoms with van der Waals surface area (Å²) >= 11 is 0. The van der Waals surface area contributed by atoms with Gasteiger partial charge in [0.15, 0.2) is 0 Å². The van der Waals surface area contributed by atoms with E-state index in [9.17, 15) is 4.39 Å². The Bertz CT molecular complexity index is 985. The van der Waals surface area contributed by atoms with Gasteiger partial charge in [-0.15, -0.1) is 0 Å². The molecule has 0 bridgehead atoms. The van der Waals surface area contributed by atoms with E-state index in [0.29, 0.717) is 12.5 Å². The third-order valence-electron chi connectivity index (χ3n) is 6.05. The number of nitrogens with zero attached hydrogens (tertiary/aromatic N) is 1. The van der Waals surface area contributed by atoms with Crippen molar-refractivity contribution < 1.29 is 4.39 Å². The van der Waals surface area contributed by atoms with Crippen molar-refractivity contribution in [3.05, 3.63) is 101 Å². The number of fused-ring (bicyclic) bond motifs is 3. The van der Waals surface area contributed by atoms with Crippen LogP contribution in [0.15, 0.2) is 72.8 Å². The summed E-state index contributed by atoms with van der Waals surface area (Å²) in [5, 5.41) is 0. The lowest BCUT2D eigenvalue weighted by atomic mass is 9.82. The van der Waals surface area contributed by atoms with Crippen LogP contribution in [0, 0.1) is 18.7 Å². The normalized spacial score (nSPS) is 23.4. The van der Waals surface area contributed by atoms with Crippen molar-refractivity contribution in [1.29, 1.82) is 0 Å². The van der Waals surface area contributed by atoms with Gasteiger partial charge >= 0.3 is 0 Å². The maximum atomic E-state index is 14.3. The Kier molecular flexibility index (Phi) is 4.38. The number of benzene rings is 3. The molecule has 5 rings (SSSR count). The van der Waals surface area contributed by atoms with E-state index in [0.717, 1.165) is 12.1 Å². The second-order valence-electron chi connectivity index (χ2n) is 7.85. The highest BCUT2D eigenvalue weighted by atomic mass is 19.1. The summed E-state index contributed by atoms with van der Waals surface area (Å²) in [5.41, 5.74) is 12.8. The van der Waals surface area contributed by atoms with Crippen molar-refractivity contribution in [2.24, 2.45) is 5.92 Å². The zero-order chi connectivity index (χ0) is 19.1. The van der Waals surface area contributed by atoms with Crippen LogP contribution in [-0.4, -0.2) is 6.54 Å². The minimum atomic E-state index is -0.139. The first-order valence-corrected chi connectivity index (χ1v) is 9.85. The van der Waals surface area contributed by atoms with Crippen LogP contribution < -0.4 is 15.8 Å². The van der Waals surface area contributed by atoms with E-state index in [1.807, 2.05) is 12.1 Å². The maximum absolute atomic E-state index is 14.3. The summed E-state index contributed by atoms with van der Waals surface area (Å²) in [6.07, 6.45) is 0. The number of hydrogen-bond donors (Lipinski definition) is 2. The van der Waals surface area contributed by atoms with E-state index in [2.05, 4.69) is 71.2 Å². The predicted octanol–water partition coefficient (Wildman–Crippen LogP) is 4.66. The number of hydrogen-bond acceptors (Lipinski definition) is 3. The van der Waals surface area contributed by atoms with E-state index >= 15 is 0 Å². The largest absolute Gasteiger partial charge is 0.366 e. The highest BCUT2D eigenvalue weighted by molar-refractivity contribution is 5.58. The first-order chi connectivity index (χ1) is 13.7. The van der Waals surface area contributed by atoms with E-state index < -0.39 is 0 Å². The van der Waals surface area contributed by atoms with Gasteiger partial charge in [0, 0.05) is 30.3 Å².